The van der Waals surface area contributed by atoms with Crippen molar-refractivity contribution < 1.29 is 23.8 Å². The summed E-state index contributed by atoms with van der Waals surface area (Å²) in [6, 6.07) is 11.0. The Balaban J connectivity index is 1.29. The van der Waals surface area contributed by atoms with Crippen molar-refractivity contribution in [2.45, 2.75) is 69.9 Å². The number of halogens is 2. The number of hydrogen-bond donors (Lipinski definition) is 1. The number of benzene rings is 2. The molecule has 0 aliphatic carbocycles. The number of amides is 1. The Morgan fingerprint density at radius 3 is 2.48 bits per heavy atom. The van der Waals surface area contributed by atoms with E-state index in [2.05, 4.69) is 14.9 Å². The van der Waals surface area contributed by atoms with Gasteiger partial charge in [-0.1, -0.05) is 41.9 Å². The Labute approximate surface area is 272 Å². The quantitative estimate of drug-likeness (QED) is 0.293. The first-order valence-electron chi connectivity index (χ1n) is 15.8. The van der Waals surface area contributed by atoms with Gasteiger partial charge in [-0.05, 0) is 58.5 Å². The van der Waals surface area contributed by atoms with Gasteiger partial charge in [0, 0.05) is 47.8 Å². The maximum absolute atomic E-state index is 16.7. The van der Waals surface area contributed by atoms with Gasteiger partial charge < -0.3 is 19.5 Å². The fourth-order valence-electron chi connectivity index (χ4n) is 7.11. The van der Waals surface area contributed by atoms with E-state index in [0.717, 1.165) is 18.2 Å². The molecule has 0 radical (unpaired) electrons. The van der Waals surface area contributed by atoms with Crippen LogP contribution in [0.4, 0.5) is 15.0 Å². The van der Waals surface area contributed by atoms with E-state index < -0.39 is 17.5 Å². The van der Waals surface area contributed by atoms with Gasteiger partial charge in [0.1, 0.15) is 29.2 Å². The predicted molar refractivity (Wildman–Crippen MR) is 175 cm³/mol. The van der Waals surface area contributed by atoms with Crippen LogP contribution in [0, 0.1) is 5.82 Å². The fourth-order valence-corrected chi connectivity index (χ4v) is 7.40. The van der Waals surface area contributed by atoms with Crippen LogP contribution in [0.2, 0.25) is 5.02 Å². The van der Waals surface area contributed by atoms with Crippen LogP contribution in [0.1, 0.15) is 40.0 Å². The highest BCUT2D eigenvalue weighted by Gasteiger charge is 2.45. The molecule has 0 spiro atoms. The molecule has 12 heteroatoms. The lowest BCUT2D eigenvalue weighted by molar-refractivity contribution is 0.0122. The third-order valence-electron chi connectivity index (χ3n) is 9.21. The first-order chi connectivity index (χ1) is 22.0. The van der Waals surface area contributed by atoms with Gasteiger partial charge in [-0.3, -0.25) is 14.8 Å². The molecule has 1 N–H and O–H groups in total. The third kappa shape index (κ3) is 5.69. The predicted octanol–water partition coefficient (Wildman–Crippen LogP) is 5.67. The smallest absolute Gasteiger partial charge is 0.410 e. The molecule has 3 aliphatic heterocycles. The summed E-state index contributed by atoms with van der Waals surface area (Å²) in [6.07, 6.45) is 3.11. The van der Waals surface area contributed by atoms with Gasteiger partial charge in [-0.25, -0.2) is 9.18 Å². The van der Waals surface area contributed by atoms with Crippen molar-refractivity contribution in [3.63, 3.8) is 0 Å². The molecule has 242 valence electrons. The van der Waals surface area contributed by atoms with Crippen molar-refractivity contribution in [3.05, 3.63) is 53.4 Å². The van der Waals surface area contributed by atoms with E-state index in [0.29, 0.717) is 53.2 Å². The molecule has 4 aromatic rings. The number of carbonyl (C=O) groups excluding carboxylic acids is 1. The Morgan fingerprint density at radius 2 is 1.80 bits per heavy atom. The molecule has 5 heterocycles. The van der Waals surface area contributed by atoms with Crippen LogP contribution in [0.5, 0.6) is 6.01 Å². The molecule has 3 saturated heterocycles. The van der Waals surface area contributed by atoms with Crippen LogP contribution >= 0.6 is 11.6 Å². The standard InChI is InChI=1S/C34H38ClFN6O4/c1-34(2,3)46-33(44)42-20-11-12-21(42)16-41(15-20)31-25-14-37-29(24-9-5-7-19-8-6-10-26(35)27(19)24)28(36)30(25)38-32(39-31)45-18-22-13-23(43)17-40(22)4/h5-10,14,20-23,43H,11-13,15-18H2,1-4H3/t20?,21?,22-,23-/m0/s1. The van der Waals surface area contributed by atoms with Gasteiger partial charge in [0.25, 0.3) is 0 Å². The van der Waals surface area contributed by atoms with Gasteiger partial charge >= 0.3 is 12.1 Å². The Morgan fingerprint density at radius 1 is 1.09 bits per heavy atom. The Bertz CT molecular complexity index is 1800. The van der Waals surface area contributed by atoms with E-state index in [1.54, 1.807) is 18.3 Å². The number of aliphatic hydroxyl groups is 1. The zero-order valence-corrected chi connectivity index (χ0v) is 27.2. The van der Waals surface area contributed by atoms with Crippen molar-refractivity contribution in [3.8, 4) is 17.3 Å². The first kappa shape index (κ1) is 30.8. The lowest BCUT2D eigenvalue weighted by Crippen LogP contribution is -2.57. The Kier molecular flexibility index (Phi) is 7.89. The summed E-state index contributed by atoms with van der Waals surface area (Å²) >= 11 is 6.60. The Hall–Kier alpha value is -3.80. The number of carbonyl (C=O) groups is 1. The molecular weight excluding hydrogens is 611 g/mol. The van der Waals surface area contributed by atoms with Crippen LogP contribution in [0.15, 0.2) is 42.6 Å². The number of aromatic nitrogens is 3. The van der Waals surface area contributed by atoms with Crippen molar-refractivity contribution in [1.82, 2.24) is 24.8 Å². The monoisotopic (exact) mass is 648 g/mol. The van der Waals surface area contributed by atoms with Crippen molar-refractivity contribution in [2.24, 2.45) is 0 Å². The number of rotatable bonds is 5. The number of fused-ring (bicyclic) bond motifs is 4. The third-order valence-corrected chi connectivity index (χ3v) is 9.52. The number of nitrogens with zero attached hydrogens (tertiary/aromatic N) is 6. The van der Waals surface area contributed by atoms with Gasteiger partial charge in [0.15, 0.2) is 5.82 Å². The number of pyridine rings is 1. The summed E-state index contributed by atoms with van der Waals surface area (Å²) in [4.78, 5) is 33.1. The number of piperazine rings is 1. The van der Waals surface area contributed by atoms with Gasteiger partial charge in [0.05, 0.1) is 23.6 Å². The van der Waals surface area contributed by atoms with Gasteiger partial charge in [0.2, 0.25) is 0 Å². The average Bonchev–Trinajstić information content (AvgIpc) is 3.47. The van der Waals surface area contributed by atoms with E-state index in [1.165, 1.54) is 0 Å². The second-order valence-electron chi connectivity index (χ2n) is 13.6. The molecule has 1 amide bonds. The van der Waals surface area contributed by atoms with Crippen molar-refractivity contribution >= 4 is 45.2 Å². The summed E-state index contributed by atoms with van der Waals surface area (Å²) in [6.45, 7) is 7.40. The van der Waals surface area contributed by atoms with Crippen LogP contribution in [0.3, 0.4) is 0 Å². The van der Waals surface area contributed by atoms with Crippen LogP contribution < -0.4 is 9.64 Å². The highest BCUT2D eigenvalue weighted by molar-refractivity contribution is 6.36. The first-order valence-corrected chi connectivity index (χ1v) is 16.2. The van der Waals surface area contributed by atoms with Crippen LogP contribution in [0.25, 0.3) is 32.9 Å². The van der Waals surface area contributed by atoms with Crippen LogP contribution in [-0.2, 0) is 4.74 Å². The van der Waals surface area contributed by atoms with Gasteiger partial charge in [-0.15, -0.1) is 0 Å². The molecule has 10 nitrogen and oxygen atoms in total. The summed E-state index contributed by atoms with van der Waals surface area (Å²) in [7, 11) is 1.93. The fraction of sp³-hybridized carbons (Fsp3) is 0.471. The molecule has 2 aromatic carbocycles. The number of likely N-dealkylation sites (tertiary alicyclic amines) is 1. The molecule has 2 unspecified atom stereocenters. The second-order valence-corrected chi connectivity index (χ2v) is 14.0. The number of likely N-dealkylation sites (N-methyl/N-ethyl adjacent to an activating group) is 1. The zero-order valence-electron chi connectivity index (χ0n) is 26.4. The van der Waals surface area contributed by atoms with Crippen molar-refractivity contribution in [1.29, 1.82) is 0 Å². The SMILES string of the molecule is CN1C[C@@H](O)C[C@H]1COc1nc(N2CC3CCC(C2)N3C(=O)OC(C)(C)C)c2cnc(-c3cccc4cccc(Cl)c34)c(F)c2n1. The molecule has 46 heavy (non-hydrogen) atoms. The highest BCUT2D eigenvalue weighted by Crippen LogP contribution is 2.39. The lowest BCUT2D eigenvalue weighted by Gasteiger charge is -2.42. The largest absolute Gasteiger partial charge is 0.462 e. The molecule has 3 fully saturated rings. The average molecular weight is 649 g/mol. The minimum absolute atomic E-state index is 0.0263. The number of β-amino-alcohol motifs (C(OH)–C–C–N with tert-alkyl or cyclic N) is 1. The second kappa shape index (κ2) is 11.8. The highest BCUT2D eigenvalue weighted by atomic mass is 35.5. The molecular formula is C34H38ClFN6O4. The van der Waals surface area contributed by atoms with E-state index in [9.17, 15) is 9.90 Å². The lowest BCUT2D eigenvalue weighted by atomic mass is 10.0. The molecule has 3 aliphatic rings. The molecule has 2 aromatic heterocycles. The van der Waals surface area contributed by atoms with E-state index >= 15 is 4.39 Å². The minimum Gasteiger partial charge on any atom is -0.462 e. The molecule has 7 rings (SSSR count). The number of ether oxygens (including phenoxy) is 2. The van der Waals surface area contributed by atoms with E-state index in [1.807, 2.05) is 61.9 Å². The van der Waals surface area contributed by atoms with Crippen LogP contribution in [-0.4, -0.2) is 99.1 Å². The van der Waals surface area contributed by atoms with Gasteiger partial charge in [-0.2, -0.15) is 9.97 Å². The summed E-state index contributed by atoms with van der Waals surface area (Å²) in [5.41, 5.74) is 0.197. The maximum atomic E-state index is 16.7. The normalized spacial score (nSPS) is 23.5. The molecule has 2 bridgehead atoms. The molecule has 4 atom stereocenters. The maximum Gasteiger partial charge on any atom is 0.410 e. The summed E-state index contributed by atoms with van der Waals surface area (Å²) < 4.78 is 28.6. The molecule has 0 saturated carbocycles. The summed E-state index contributed by atoms with van der Waals surface area (Å²) in [5.74, 6) is -0.0864. The van der Waals surface area contributed by atoms with Crippen molar-refractivity contribution in [2.75, 3.05) is 38.2 Å². The van der Waals surface area contributed by atoms with E-state index in [-0.39, 0.29) is 48.0 Å². The zero-order chi connectivity index (χ0) is 32.3. The topological polar surface area (TPSA) is 104 Å². The summed E-state index contributed by atoms with van der Waals surface area (Å²) in [5, 5.41) is 12.7. The number of aliphatic hydroxyl groups excluding tert-OH is 1. The minimum atomic E-state index is -0.596. The number of hydrogen-bond acceptors (Lipinski definition) is 9. The van der Waals surface area contributed by atoms with E-state index in [4.69, 9.17) is 26.1 Å². The number of anilines is 1.